The first-order valence-corrected chi connectivity index (χ1v) is 6.76. The number of hydrogen-bond donors (Lipinski definition) is 1. The Hall–Kier alpha value is -2.74. The van der Waals surface area contributed by atoms with Gasteiger partial charge in [-0.05, 0) is 18.2 Å². The quantitative estimate of drug-likeness (QED) is 0.499. The van der Waals surface area contributed by atoms with Crippen molar-refractivity contribution in [3.63, 3.8) is 0 Å². The molecule has 0 atom stereocenters. The molecule has 0 aliphatic carbocycles. The SMILES string of the molecule is C=CCN1C(=O)C(=O)N(CC(=O)Nc2ccc(F)c(Cl)c2)C1=O. The molecule has 0 spiro atoms. The second-order valence-electron chi connectivity index (χ2n) is 4.56. The summed E-state index contributed by atoms with van der Waals surface area (Å²) in [6.07, 6.45) is 1.28. The Morgan fingerprint density at radius 2 is 1.91 bits per heavy atom. The van der Waals surface area contributed by atoms with Crippen LogP contribution in [0.4, 0.5) is 14.9 Å². The van der Waals surface area contributed by atoms with E-state index in [1.165, 1.54) is 18.2 Å². The number of carbonyl (C=O) groups is 4. The normalized spacial score (nSPS) is 14.4. The highest BCUT2D eigenvalue weighted by Crippen LogP contribution is 2.19. The van der Waals surface area contributed by atoms with E-state index in [0.717, 1.165) is 6.07 Å². The van der Waals surface area contributed by atoms with Gasteiger partial charge in [-0.25, -0.2) is 14.1 Å². The fourth-order valence-corrected chi connectivity index (χ4v) is 2.08. The van der Waals surface area contributed by atoms with Crippen LogP contribution in [-0.4, -0.2) is 46.6 Å². The Labute approximate surface area is 135 Å². The van der Waals surface area contributed by atoms with Gasteiger partial charge in [-0.1, -0.05) is 17.7 Å². The summed E-state index contributed by atoms with van der Waals surface area (Å²) in [6, 6.07) is 2.60. The maximum atomic E-state index is 13.0. The molecule has 0 saturated carbocycles. The fraction of sp³-hybridized carbons (Fsp3) is 0.143. The molecule has 0 radical (unpaired) electrons. The zero-order valence-electron chi connectivity index (χ0n) is 11.7. The van der Waals surface area contributed by atoms with Crippen LogP contribution in [0.5, 0.6) is 0 Å². The summed E-state index contributed by atoms with van der Waals surface area (Å²) in [5, 5.41) is 2.16. The molecule has 120 valence electrons. The van der Waals surface area contributed by atoms with E-state index in [9.17, 15) is 23.6 Å². The van der Waals surface area contributed by atoms with Gasteiger partial charge in [-0.3, -0.25) is 19.3 Å². The summed E-state index contributed by atoms with van der Waals surface area (Å²) in [5.41, 5.74) is 0.190. The lowest BCUT2D eigenvalue weighted by atomic mass is 10.3. The molecule has 0 unspecified atom stereocenters. The average Bonchev–Trinajstić information content (AvgIpc) is 2.69. The molecule has 1 fully saturated rings. The van der Waals surface area contributed by atoms with E-state index in [2.05, 4.69) is 11.9 Å². The fourth-order valence-electron chi connectivity index (χ4n) is 1.90. The number of halogens is 2. The Morgan fingerprint density at radius 1 is 1.26 bits per heavy atom. The first kappa shape index (κ1) is 16.6. The van der Waals surface area contributed by atoms with Gasteiger partial charge in [-0.15, -0.1) is 6.58 Å². The van der Waals surface area contributed by atoms with Gasteiger partial charge in [0, 0.05) is 12.2 Å². The molecule has 9 heteroatoms. The van der Waals surface area contributed by atoms with Crippen molar-refractivity contribution in [2.75, 3.05) is 18.4 Å². The van der Waals surface area contributed by atoms with Crippen LogP contribution in [0, 0.1) is 5.82 Å². The van der Waals surface area contributed by atoms with Crippen molar-refractivity contribution in [1.82, 2.24) is 9.80 Å². The lowest BCUT2D eigenvalue weighted by molar-refractivity contribution is -0.143. The van der Waals surface area contributed by atoms with Gasteiger partial charge >= 0.3 is 17.8 Å². The van der Waals surface area contributed by atoms with E-state index in [0.29, 0.717) is 9.80 Å². The lowest BCUT2D eigenvalue weighted by Crippen LogP contribution is -2.39. The summed E-state index contributed by atoms with van der Waals surface area (Å²) in [6.45, 7) is 2.60. The van der Waals surface area contributed by atoms with Crippen LogP contribution in [0.15, 0.2) is 30.9 Å². The Bertz CT molecular complexity index is 722. The van der Waals surface area contributed by atoms with Crippen LogP contribution in [0.25, 0.3) is 0 Å². The second-order valence-corrected chi connectivity index (χ2v) is 4.96. The van der Waals surface area contributed by atoms with Crippen molar-refractivity contribution in [3.05, 3.63) is 41.7 Å². The minimum Gasteiger partial charge on any atom is -0.324 e. The molecule has 23 heavy (non-hydrogen) atoms. The number of nitrogens with zero attached hydrogens (tertiary/aromatic N) is 2. The highest BCUT2D eigenvalue weighted by atomic mass is 35.5. The first-order chi connectivity index (χ1) is 10.8. The smallest absolute Gasteiger partial charge is 0.324 e. The summed E-state index contributed by atoms with van der Waals surface area (Å²) in [5.74, 6) is -3.50. The monoisotopic (exact) mass is 339 g/mol. The molecule has 0 aromatic heterocycles. The zero-order valence-corrected chi connectivity index (χ0v) is 12.5. The minimum atomic E-state index is -1.09. The number of carbonyl (C=O) groups excluding carboxylic acids is 4. The largest absolute Gasteiger partial charge is 0.335 e. The van der Waals surface area contributed by atoms with Gasteiger partial charge in [0.05, 0.1) is 5.02 Å². The maximum absolute atomic E-state index is 13.0. The van der Waals surface area contributed by atoms with Crippen LogP contribution in [0.1, 0.15) is 0 Å². The first-order valence-electron chi connectivity index (χ1n) is 6.38. The van der Waals surface area contributed by atoms with E-state index in [1.54, 1.807) is 0 Å². The van der Waals surface area contributed by atoms with E-state index in [-0.39, 0.29) is 17.3 Å². The number of anilines is 1. The van der Waals surface area contributed by atoms with Crippen molar-refractivity contribution in [3.8, 4) is 0 Å². The molecular weight excluding hydrogens is 329 g/mol. The maximum Gasteiger partial charge on any atom is 0.335 e. The molecular formula is C14H11ClFN3O4. The van der Waals surface area contributed by atoms with Crippen LogP contribution in [0.3, 0.4) is 0 Å². The number of benzene rings is 1. The van der Waals surface area contributed by atoms with Gasteiger partial charge in [0.25, 0.3) is 0 Å². The highest BCUT2D eigenvalue weighted by molar-refractivity contribution is 6.45. The number of nitrogens with one attached hydrogen (secondary N) is 1. The van der Waals surface area contributed by atoms with Crippen molar-refractivity contribution in [2.45, 2.75) is 0 Å². The van der Waals surface area contributed by atoms with E-state index >= 15 is 0 Å². The predicted octanol–water partition coefficient (Wildman–Crippen LogP) is 1.39. The minimum absolute atomic E-state index is 0.130. The third-order valence-corrected chi connectivity index (χ3v) is 3.24. The number of hydrogen-bond acceptors (Lipinski definition) is 4. The van der Waals surface area contributed by atoms with E-state index in [1.807, 2.05) is 0 Å². The molecule has 1 saturated heterocycles. The number of imide groups is 2. The molecule has 0 bridgehead atoms. The standard InChI is InChI=1S/C14H11ClFN3O4/c1-2-5-18-12(21)13(22)19(14(18)23)7-11(20)17-8-3-4-10(16)9(15)6-8/h2-4,6H,1,5,7H2,(H,17,20). The summed E-state index contributed by atoms with van der Waals surface area (Å²) in [7, 11) is 0. The van der Waals surface area contributed by atoms with Gasteiger partial charge in [0.1, 0.15) is 12.4 Å². The van der Waals surface area contributed by atoms with Crippen LogP contribution < -0.4 is 5.32 Å². The molecule has 1 aliphatic heterocycles. The topological polar surface area (TPSA) is 86.8 Å². The molecule has 1 aromatic carbocycles. The van der Waals surface area contributed by atoms with E-state index in [4.69, 9.17) is 11.6 Å². The molecule has 1 aromatic rings. The van der Waals surface area contributed by atoms with Gasteiger partial charge < -0.3 is 5.32 Å². The number of amides is 5. The van der Waals surface area contributed by atoms with Gasteiger partial charge in [0.15, 0.2) is 0 Å². The van der Waals surface area contributed by atoms with Gasteiger partial charge in [-0.2, -0.15) is 0 Å². The third kappa shape index (κ3) is 3.37. The molecule has 2 rings (SSSR count). The molecule has 1 N–H and O–H groups in total. The summed E-state index contributed by atoms with van der Waals surface area (Å²) in [4.78, 5) is 48.3. The number of urea groups is 1. The zero-order chi connectivity index (χ0) is 17.1. The Kier molecular flexibility index (Phi) is 4.75. The summed E-state index contributed by atoms with van der Waals surface area (Å²) < 4.78 is 13.0. The van der Waals surface area contributed by atoms with Crippen molar-refractivity contribution in [2.24, 2.45) is 0 Å². The molecule has 7 nitrogen and oxygen atoms in total. The van der Waals surface area contributed by atoms with E-state index < -0.39 is 36.1 Å². The Balaban J connectivity index is 2.06. The average molecular weight is 340 g/mol. The second kappa shape index (κ2) is 6.57. The molecule has 5 amide bonds. The summed E-state index contributed by atoms with van der Waals surface area (Å²) >= 11 is 5.58. The predicted molar refractivity (Wildman–Crippen MR) is 79.1 cm³/mol. The Morgan fingerprint density at radius 3 is 2.52 bits per heavy atom. The van der Waals surface area contributed by atoms with Crippen molar-refractivity contribution < 1.29 is 23.6 Å². The van der Waals surface area contributed by atoms with Gasteiger partial charge in [0.2, 0.25) is 5.91 Å². The van der Waals surface area contributed by atoms with Crippen LogP contribution in [-0.2, 0) is 14.4 Å². The van der Waals surface area contributed by atoms with Crippen LogP contribution in [0.2, 0.25) is 5.02 Å². The molecule has 1 aliphatic rings. The highest BCUT2D eigenvalue weighted by Gasteiger charge is 2.44. The van der Waals surface area contributed by atoms with Crippen LogP contribution >= 0.6 is 11.6 Å². The van der Waals surface area contributed by atoms with Crippen molar-refractivity contribution >= 4 is 41.0 Å². The molecule has 1 heterocycles. The van der Waals surface area contributed by atoms with Crippen molar-refractivity contribution in [1.29, 1.82) is 0 Å². The lowest BCUT2D eigenvalue weighted by Gasteiger charge is -2.14. The number of rotatable bonds is 5. The third-order valence-electron chi connectivity index (χ3n) is 2.95.